The summed E-state index contributed by atoms with van der Waals surface area (Å²) in [6.45, 7) is 7.43. The van der Waals surface area contributed by atoms with Gasteiger partial charge in [-0.15, -0.1) is 11.8 Å². The maximum Gasteiger partial charge on any atom is 0.341 e. The molecule has 0 unspecified atom stereocenters. The number of aromatic nitrogens is 2. The molecule has 3 aromatic rings. The normalized spacial score (nSPS) is 13.2. The highest BCUT2D eigenvalue weighted by Gasteiger charge is 2.18. The number of ether oxygens (including phenoxy) is 1. The van der Waals surface area contributed by atoms with E-state index in [1.807, 2.05) is 32.9 Å². The van der Waals surface area contributed by atoms with Crippen LogP contribution in [0.3, 0.4) is 0 Å². The largest absolute Gasteiger partial charge is 0.452 e. The fourth-order valence-electron chi connectivity index (χ4n) is 3.86. The fourth-order valence-corrected chi connectivity index (χ4v) is 5.00. The van der Waals surface area contributed by atoms with E-state index in [-0.39, 0.29) is 12.5 Å². The van der Waals surface area contributed by atoms with E-state index < -0.39 is 5.97 Å². The summed E-state index contributed by atoms with van der Waals surface area (Å²) in [4.78, 5) is 31.8. The molecule has 178 valence electrons. The highest BCUT2D eigenvalue weighted by molar-refractivity contribution is 7.98. The van der Waals surface area contributed by atoms with E-state index in [2.05, 4.69) is 26.4 Å². The lowest BCUT2D eigenvalue weighted by atomic mass is 10.1. The molecule has 1 aliphatic heterocycles. The Balaban J connectivity index is 1.33. The molecule has 1 aliphatic rings. The number of hydrogen-bond donors (Lipinski definition) is 1. The van der Waals surface area contributed by atoms with E-state index in [1.54, 1.807) is 18.3 Å². The summed E-state index contributed by atoms with van der Waals surface area (Å²) >= 11 is 1.40. The predicted octanol–water partition coefficient (Wildman–Crippen LogP) is 4.68. The van der Waals surface area contributed by atoms with Crippen LogP contribution < -0.4 is 10.2 Å². The number of nitrogens with one attached hydrogen (secondary N) is 1. The third kappa shape index (κ3) is 5.59. The van der Waals surface area contributed by atoms with Gasteiger partial charge < -0.3 is 19.5 Å². The van der Waals surface area contributed by atoms with Crippen molar-refractivity contribution in [2.45, 2.75) is 44.4 Å². The summed E-state index contributed by atoms with van der Waals surface area (Å²) in [7, 11) is 0. The monoisotopic (exact) mass is 480 g/mol. The molecule has 1 saturated heterocycles. The Morgan fingerprint density at radius 3 is 2.68 bits per heavy atom. The lowest BCUT2D eigenvalue weighted by molar-refractivity contribution is -0.119. The first-order valence-electron chi connectivity index (χ1n) is 11.2. The summed E-state index contributed by atoms with van der Waals surface area (Å²) in [5.41, 5.74) is 4.94. The number of carbonyl (C=O) groups excluding carboxylic acids is 2. The van der Waals surface area contributed by atoms with Crippen LogP contribution in [0.4, 0.5) is 11.4 Å². The van der Waals surface area contributed by atoms with Crippen molar-refractivity contribution >= 4 is 35.0 Å². The van der Waals surface area contributed by atoms with Crippen LogP contribution in [0.15, 0.2) is 46.1 Å². The van der Waals surface area contributed by atoms with Crippen LogP contribution in [0.1, 0.15) is 45.8 Å². The van der Waals surface area contributed by atoms with Gasteiger partial charge in [-0.3, -0.25) is 4.79 Å². The zero-order chi connectivity index (χ0) is 24.1. The quantitative estimate of drug-likeness (QED) is 0.367. The smallest absolute Gasteiger partial charge is 0.341 e. The van der Waals surface area contributed by atoms with E-state index in [0.29, 0.717) is 22.0 Å². The average molecular weight is 481 g/mol. The molecule has 0 radical (unpaired) electrons. The minimum atomic E-state index is -0.592. The number of pyridine rings is 1. The first kappa shape index (κ1) is 23.8. The first-order valence-corrected chi connectivity index (χ1v) is 12.2. The van der Waals surface area contributed by atoms with E-state index in [9.17, 15) is 9.59 Å². The summed E-state index contributed by atoms with van der Waals surface area (Å²) in [6, 6.07) is 9.29. The van der Waals surface area contributed by atoms with Crippen LogP contribution in [0.2, 0.25) is 0 Å². The lowest BCUT2D eigenvalue weighted by Crippen LogP contribution is -2.22. The molecule has 1 amide bonds. The Hall–Kier alpha value is -3.33. The Bertz CT molecular complexity index is 1170. The lowest BCUT2D eigenvalue weighted by Gasteiger charge is -2.19. The second-order valence-corrected chi connectivity index (χ2v) is 9.23. The van der Waals surface area contributed by atoms with E-state index in [0.717, 1.165) is 41.4 Å². The number of amides is 1. The number of carbonyl (C=O) groups is 2. The van der Waals surface area contributed by atoms with Gasteiger partial charge in [0.1, 0.15) is 10.8 Å². The molecule has 9 heteroatoms. The predicted molar refractivity (Wildman–Crippen MR) is 131 cm³/mol. The molecule has 4 rings (SSSR count). The van der Waals surface area contributed by atoms with E-state index >= 15 is 0 Å². The van der Waals surface area contributed by atoms with Crippen LogP contribution in [0, 0.1) is 20.8 Å². The number of benzene rings is 1. The standard InChI is InChI=1S/C25H28N4O4S/c1-16-13-19(29-11-4-5-12-29)8-9-22(16)27-23(30)14-32-25(31)20-7-6-10-26-24(20)34-15-21-17(2)28-33-18(21)3/h6-10,13H,4-5,11-12,14-15H2,1-3H3,(H,27,30). The van der Waals surface area contributed by atoms with Crippen molar-refractivity contribution in [1.82, 2.24) is 10.1 Å². The van der Waals surface area contributed by atoms with Gasteiger partial charge in [0, 0.05) is 42.0 Å². The van der Waals surface area contributed by atoms with E-state index in [1.165, 1.54) is 24.6 Å². The summed E-state index contributed by atoms with van der Waals surface area (Å²) in [6.07, 6.45) is 4.04. The number of aryl methyl sites for hydroxylation is 3. The minimum absolute atomic E-state index is 0.318. The highest BCUT2D eigenvalue weighted by atomic mass is 32.2. The summed E-state index contributed by atoms with van der Waals surface area (Å²) < 4.78 is 10.5. The molecule has 0 atom stereocenters. The molecule has 8 nitrogen and oxygen atoms in total. The Morgan fingerprint density at radius 2 is 1.97 bits per heavy atom. The number of hydrogen-bond acceptors (Lipinski definition) is 8. The van der Waals surface area contributed by atoms with Crippen molar-refractivity contribution in [2.24, 2.45) is 0 Å². The second kappa shape index (κ2) is 10.7. The van der Waals surface area contributed by atoms with Gasteiger partial charge in [-0.2, -0.15) is 0 Å². The molecule has 1 aromatic carbocycles. The highest BCUT2D eigenvalue weighted by Crippen LogP contribution is 2.28. The van der Waals surface area contributed by atoms with Crippen LogP contribution in [0.5, 0.6) is 0 Å². The van der Waals surface area contributed by atoms with Crippen LogP contribution >= 0.6 is 11.8 Å². The van der Waals surface area contributed by atoms with Crippen molar-refractivity contribution < 1.29 is 18.8 Å². The van der Waals surface area contributed by atoms with Gasteiger partial charge in [0.2, 0.25) is 0 Å². The van der Waals surface area contributed by atoms with Gasteiger partial charge in [0.05, 0.1) is 11.3 Å². The molecule has 2 aromatic heterocycles. The SMILES string of the molecule is Cc1cc(N2CCCC2)ccc1NC(=O)COC(=O)c1cccnc1SCc1c(C)noc1C. The van der Waals surface area contributed by atoms with Crippen molar-refractivity contribution in [3.05, 3.63) is 64.7 Å². The van der Waals surface area contributed by atoms with Gasteiger partial charge in [0.15, 0.2) is 6.61 Å². The molecule has 3 heterocycles. The van der Waals surface area contributed by atoms with Crippen molar-refractivity contribution in [2.75, 3.05) is 29.9 Å². The summed E-state index contributed by atoms with van der Waals surface area (Å²) in [5.74, 6) is 0.321. The molecule has 0 aliphatic carbocycles. The van der Waals surface area contributed by atoms with Gasteiger partial charge in [0.25, 0.3) is 5.91 Å². The van der Waals surface area contributed by atoms with Gasteiger partial charge in [-0.05, 0) is 69.5 Å². The molecule has 0 saturated carbocycles. The molecule has 0 spiro atoms. The van der Waals surface area contributed by atoms with Crippen molar-refractivity contribution in [3.63, 3.8) is 0 Å². The fraction of sp³-hybridized carbons (Fsp3) is 0.360. The Morgan fingerprint density at radius 1 is 1.18 bits per heavy atom. The molecule has 1 fully saturated rings. The minimum Gasteiger partial charge on any atom is -0.452 e. The number of esters is 1. The summed E-state index contributed by atoms with van der Waals surface area (Å²) in [5, 5.41) is 7.31. The van der Waals surface area contributed by atoms with Crippen LogP contribution in [-0.2, 0) is 15.3 Å². The van der Waals surface area contributed by atoms with Gasteiger partial charge >= 0.3 is 5.97 Å². The molecular formula is C25H28N4O4S. The Labute approximate surface area is 203 Å². The number of thioether (sulfide) groups is 1. The number of rotatable bonds is 8. The number of anilines is 2. The zero-order valence-electron chi connectivity index (χ0n) is 19.6. The molecular weight excluding hydrogens is 452 g/mol. The maximum atomic E-state index is 12.7. The van der Waals surface area contributed by atoms with Gasteiger partial charge in [-0.25, -0.2) is 9.78 Å². The maximum absolute atomic E-state index is 12.7. The van der Waals surface area contributed by atoms with Crippen LogP contribution in [-0.4, -0.2) is 41.7 Å². The molecule has 1 N–H and O–H groups in total. The van der Waals surface area contributed by atoms with Crippen LogP contribution in [0.25, 0.3) is 0 Å². The zero-order valence-corrected chi connectivity index (χ0v) is 20.4. The third-order valence-corrected chi connectivity index (χ3v) is 6.85. The molecule has 34 heavy (non-hydrogen) atoms. The number of nitrogens with zero attached hydrogens (tertiary/aromatic N) is 3. The van der Waals surface area contributed by atoms with E-state index in [4.69, 9.17) is 9.26 Å². The second-order valence-electron chi connectivity index (χ2n) is 8.27. The average Bonchev–Trinajstić information content (AvgIpc) is 3.48. The Kier molecular flexibility index (Phi) is 7.52. The molecule has 0 bridgehead atoms. The van der Waals surface area contributed by atoms with Crippen molar-refractivity contribution in [3.8, 4) is 0 Å². The first-order chi connectivity index (χ1) is 16.4. The topological polar surface area (TPSA) is 97.6 Å². The van der Waals surface area contributed by atoms with Crippen molar-refractivity contribution in [1.29, 1.82) is 0 Å². The third-order valence-electron chi connectivity index (χ3n) is 5.82. The van der Waals surface area contributed by atoms with Gasteiger partial charge in [-0.1, -0.05) is 5.16 Å².